The number of para-hydroxylation sites is 1. The van der Waals surface area contributed by atoms with E-state index in [1.54, 1.807) is 18.3 Å². The maximum Gasteiger partial charge on any atom is 0.165 e. The highest BCUT2D eigenvalue weighted by molar-refractivity contribution is 5.65. The molecule has 2 aromatic carbocycles. The molecule has 1 fully saturated rings. The molecule has 0 saturated carbocycles. The number of nitrogens with zero attached hydrogens (tertiary/aromatic N) is 2. The minimum atomic E-state index is -0.361. The minimum Gasteiger partial charge on any atom is -0.485 e. The van der Waals surface area contributed by atoms with E-state index < -0.39 is 0 Å². The summed E-state index contributed by atoms with van der Waals surface area (Å²) in [5.41, 5.74) is 2.95. The number of ether oxygens (including phenoxy) is 2. The summed E-state index contributed by atoms with van der Waals surface area (Å²) in [6, 6.07) is 19.0. The van der Waals surface area contributed by atoms with Crippen molar-refractivity contribution in [3.8, 4) is 5.75 Å². The molecule has 1 atom stereocenters. The maximum absolute atomic E-state index is 14.3. The quantitative estimate of drug-likeness (QED) is 0.633. The molecule has 0 unspecified atom stereocenters. The molecule has 0 amide bonds. The summed E-state index contributed by atoms with van der Waals surface area (Å²) in [7, 11) is 0. The lowest BCUT2D eigenvalue weighted by Gasteiger charge is -2.26. The Morgan fingerprint density at radius 3 is 2.70 bits per heavy atom. The molecule has 1 aromatic heterocycles. The zero-order chi connectivity index (χ0) is 18.5. The van der Waals surface area contributed by atoms with Crippen LogP contribution in [0.2, 0.25) is 0 Å². The van der Waals surface area contributed by atoms with Gasteiger partial charge >= 0.3 is 0 Å². The van der Waals surface area contributed by atoms with E-state index in [0.29, 0.717) is 19.8 Å². The Kier molecular flexibility index (Phi) is 5.30. The second-order valence-electron chi connectivity index (χ2n) is 6.50. The Balaban J connectivity index is 1.66. The van der Waals surface area contributed by atoms with Crippen LogP contribution < -0.4 is 9.64 Å². The Labute approximate surface area is 158 Å². The number of aromatic nitrogens is 1. The third-order valence-electron chi connectivity index (χ3n) is 4.54. The number of benzene rings is 2. The van der Waals surface area contributed by atoms with Gasteiger partial charge in [-0.25, -0.2) is 4.39 Å². The second kappa shape index (κ2) is 8.18. The van der Waals surface area contributed by atoms with Crippen LogP contribution >= 0.6 is 0 Å². The van der Waals surface area contributed by atoms with Crippen molar-refractivity contribution in [3.63, 3.8) is 0 Å². The SMILES string of the molecule is Fc1ccc(N(Cc2cccnc2)c2ccccc2)cc1O[C@@H]1CCOC1. The lowest BCUT2D eigenvalue weighted by atomic mass is 10.2. The molecule has 4 nitrogen and oxygen atoms in total. The molecule has 0 aliphatic carbocycles. The van der Waals surface area contributed by atoms with Crippen molar-refractivity contribution < 1.29 is 13.9 Å². The van der Waals surface area contributed by atoms with Crippen LogP contribution in [-0.4, -0.2) is 24.3 Å². The predicted molar refractivity (Wildman–Crippen MR) is 103 cm³/mol. The number of pyridine rings is 1. The van der Waals surface area contributed by atoms with Gasteiger partial charge in [-0.3, -0.25) is 4.98 Å². The fourth-order valence-electron chi connectivity index (χ4n) is 3.15. The van der Waals surface area contributed by atoms with Crippen LogP contribution in [-0.2, 0) is 11.3 Å². The van der Waals surface area contributed by atoms with E-state index >= 15 is 0 Å². The summed E-state index contributed by atoms with van der Waals surface area (Å²) < 4.78 is 25.5. The van der Waals surface area contributed by atoms with Gasteiger partial charge in [0.1, 0.15) is 6.10 Å². The molecule has 27 heavy (non-hydrogen) atoms. The van der Waals surface area contributed by atoms with Gasteiger partial charge in [-0.05, 0) is 35.9 Å². The van der Waals surface area contributed by atoms with Gasteiger partial charge in [0.05, 0.1) is 13.2 Å². The third-order valence-corrected chi connectivity index (χ3v) is 4.54. The summed E-state index contributed by atoms with van der Waals surface area (Å²) in [6.45, 7) is 1.78. The maximum atomic E-state index is 14.3. The molecule has 138 valence electrons. The van der Waals surface area contributed by atoms with Crippen molar-refractivity contribution >= 4 is 11.4 Å². The van der Waals surface area contributed by atoms with Crippen molar-refractivity contribution in [3.05, 3.63) is 84.4 Å². The molecule has 1 saturated heterocycles. The zero-order valence-electron chi connectivity index (χ0n) is 14.9. The van der Waals surface area contributed by atoms with Gasteiger partial charge < -0.3 is 14.4 Å². The molecule has 5 heteroatoms. The van der Waals surface area contributed by atoms with Crippen LogP contribution in [0, 0.1) is 5.82 Å². The Morgan fingerprint density at radius 2 is 1.96 bits per heavy atom. The smallest absolute Gasteiger partial charge is 0.165 e. The van der Waals surface area contributed by atoms with E-state index in [2.05, 4.69) is 9.88 Å². The van der Waals surface area contributed by atoms with Gasteiger partial charge in [-0.1, -0.05) is 24.3 Å². The van der Waals surface area contributed by atoms with Gasteiger partial charge in [-0.15, -0.1) is 0 Å². The average Bonchev–Trinajstić information content (AvgIpc) is 3.23. The minimum absolute atomic E-state index is 0.0988. The molecule has 1 aliphatic heterocycles. The van der Waals surface area contributed by atoms with Crippen molar-refractivity contribution in [2.75, 3.05) is 18.1 Å². The summed E-state index contributed by atoms with van der Waals surface area (Å²) >= 11 is 0. The lowest BCUT2D eigenvalue weighted by Crippen LogP contribution is -2.19. The van der Waals surface area contributed by atoms with Gasteiger partial charge in [0, 0.05) is 42.8 Å². The molecule has 4 rings (SSSR count). The van der Waals surface area contributed by atoms with Crippen LogP contribution in [0.3, 0.4) is 0 Å². The predicted octanol–water partition coefficient (Wildman–Crippen LogP) is 4.73. The number of hydrogen-bond acceptors (Lipinski definition) is 4. The fraction of sp³-hybridized carbons (Fsp3) is 0.227. The van der Waals surface area contributed by atoms with Crippen molar-refractivity contribution in [2.45, 2.75) is 19.1 Å². The summed E-state index contributed by atoms with van der Waals surface area (Å²) in [5, 5.41) is 0. The number of halogens is 1. The summed E-state index contributed by atoms with van der Waals surface area (Å²) in [6.07, 6.45) is 4.27. The van der Waals surface area contributed by atoms with Crippen LogP contribution in [0.4, 0.5) is 15.8 Å². The largest absolute Gasteiger partial charge is 0.485 e. The standard InChI is InChI=1S/C22H21FN2O2/c23-21-9-8-19(13-22(21)27-20-10-12-26-16-20)25(18-6-2-1-3-7-18)15-17-5-4-11-24-14-17/h1-9,11,13-14,20H,10,12,15-16H2/t20-/m1/s1. The Bertz CT molecular complexity index is 868. The highest BCUT2D eigenvalue weighted by Crippen LogP contribution is 2.32. The normalized spacial score (nSPS) is 16.3. The van der Waals surface area contributed by atoms with Crippen molar-refractivity contribution in [1.29, 1.82) is 0 Å². The number of hydrogen-bond donors (Lipinski definition) is 0. The van der Waals surface area contributed by atoms with Crippen LogP contribution in [0.25, 0.3) is 0 Å². The van der Waals surface area contributed by atoms with E-state index in [9.17, 15) is 4.39 Å². The van der Waals surface area contributed by atoms with Gasteiger partial charge in [0.15, 0.2) is 11.6 Å². The van der Waals surface area contributed by atoms with Crippen LogP contribution in [0.1, 0.15) is 12.0 Å². The zero-order valence-corrected chi connectivity index (χ0v) is 14.9. The monoisotopic (exact) mass is 364 g/mol. The molecule has 3 aromatic rings. The summed E-state index contributed by atoms with van der Waals surface area (Å²) in [4.78, 5) is 6.32. The Morgan fingerprint density at radius 1 is 1.07 bits per heavy atom. The first-order chi connectivity index (χ1) is 13.3. The average molecular weight is 364 g/mol. The topological polar surface area (TPSA) is 34.6 Å². The third kappa shape index (κ3) is 4.26. The molecule has 0 spiro atoms. The number of anilines is 2. The molecule has 0 N–H and O–H groups in total. The summed E-state index contributed by atoms with van der Waals surface area (Å²) in [5.74, 6) is -0.102. The lowest BCUT2D eigenvalue weighted by molar-refractivity contribution is 0.138. The van der Waals surface area contributed by atoms with Crippen LogP contribution in [0.5, 0.6) is 5.75 Å². The van der Waals surface area contributed by atoms with Gasteiger partial charge in [0.25, 0.3) is 0 Å². The fourth-order valence-corrected chi connectivity index (χ4v) is 3.15. The van der Waals surface area contributed by atoms with Crippen LogP contribution in [0.15, 0.2) is 73.1 Å². The van der Waals surface area contributed by atoms with Crippen molar-refractivity contribution in [1.82, 2.24) is 4.98 Å². The van der Waals surface area contributed by atoms with E-state index in [0.717, 1.165) is 23.4 Å². The number of rotatable bonds is 6. The highest BCUT2D eigenvalue weighted by Gasteiger charge is 2.20. The highest BCUT2D eigenvalue weighted by atomic mass is 19.1. The Hall–Kier alpha value is -2.92. The molecule has 0 radical (unpaired) electrons. The van der Waals surface area contributed by atoms with Gasteiger partial charge in [-0.2, -0.15) is 0 Å². The second-order valence-corrected chi connectivity index (χ2v) is 6.50. The molecule has 1 aliphatic rings. The molecule has 2 heterocycles. The van der Waals surface area contributed by atoms with Crippen molar-refractivity contribution in [2.24, 2.45) is 0 Å². The molecular weight excluding hydrogens is 343 g/mol. The van der Waals surface area contributed by atoms with E-state index in [1.165, 1.54) is 6.07 Å². The first kappa shape index (κ1) is 17.5. The first-order valence-corrected chi connectivity index (χ1v) is 9.05. The van der Waals surface area contributed by atoms with E-state index in [-0.39, 0.29) is 17.7 Å². The molecular formula is C22H21FN2O2. The molecule has 0 bridgehead atoms. The van der Waals surface area contributed by atoms with E-state index in [1.807, 2.05) is 48.7 Å². The van der Waals surface area contributed by atoms with E-state index in [4.69, 9.17) is 9.47 Å². The van der Waals surface area contributed by atoms with Gasteiger partial charge in [0.2, 0.25) is 0 Å². The first-order valence-electron chi connectivity index (χ1n) is 9.05.